The monoisotopic (exact) mass is 415 g/mol. The van der Waals surface area contributed by atoms with E-state index in [0.717, 1.165) is 43.1 Å². The zero-order chi connectivity index (χ0) is 21.2. The minimum atomic E-state index is -0.474. The Hall–Kier alpha value is -3.98. The van der Waals surface area contributed by atoms with Crippen LogP contribution in [0.4, 0.5) is 17.2 Å². The molecule has 3 heterocycles. The average molecular weight is 415 g/mol. The van der Waals surface area contributed by atoms with E-state index < -0.39 is 5.91 Å². The number of benzene rings is 2. The topological polar surface area (TPSA) is 122 Å². The van der Waals surface area contributed by atoms with Crippen LogP contribution >= 0.6 is 0 Å². The maximum Gasteiger partial charge on any atom is 0.248 e. The van der Waals surface area contributed by atoms with Crippen LogP contribution in [-0.4, -0.2) is 52.1 Å². The molecule has 0 unspecified atom stereocenters. The SMILES string of the molecule is NC(=O)c1ccc(-c2nc(Nc3ccc(N4CCOCC4)cc3)c3[nH]cnc3n2)cc1. The molecule has 0 radical (unpaired) electrons. The highest BCUT2D eigenvalue weighted by molar-refractivity contribution is 5.93. The van der Waals surface area contributed by atoms with Crippen molar-refractivity contribution in [3.8, 4) is 11.4 Å². The summed E-state index contributed by atoms with van der Waals surface area (Å²) in [4.78, 5) is 30.2. The molecule has 0 atom stereocenters. The van der Waals surface area contributed by atoms with E-state index in [0.29, 0.717) is 22.9 Å². The molecule has 0 bridgehead atoms. The summed E-state index contributed by atoms with van der Waals surface area (Å²) in [5.41, 5.74) is 9.86. The first-order chi connectivity index (χ1) is 15.2. The van der Waals surface area contributed by atoms with Gasteiger partial charge in [-0.05, 0) is 36.4 Å². The van der Waals surface area contributed by atoms with Crippen molar-refractivity contribution >= 4 is 34.3 Å². The molecule has 4 aromatic rings. The van der Waals surface area contributed by atoms with Crippen molar-refractivity contribution < 1.29 is 9.53 Å². The normalized spacial score (nSPS) is 14.0. The number of carbonyl (C=O) groups is 1. The number of primary amides is 1. The summed E-state index contributed by atoms with van der Waals surface area (Å²) in [7, 11) is 0. The number of anilines is 3. The van der Waals surface area contributed by atoms with Crippen molar-refractivity contribution in [2.45, 2.75) is 0 Å². The Bertz CT molecular complexity index is 1210. The van der Waals surface area contributed by atoms with E-state index in [4.69, 9.17) is 10.5 Å². The highest BCUT2D eigenvalue weighted by atomic mass is 16.5. The molecule has 156 valence electrons. The Labute approximate surface area is 178 Å². The maximum atomic E-state index is 11.3. The molecular weight excluding hydrogens is 394 g/mol. The van der Waals surface area contributed by atoms with Crippen molar-refractivity contribution in [2.24, 2.45) is 5.73 Å². The highest BCUT2D eigenvalue weighted by Crippen LogP contribution is 2.27. The van der Waals surface area contributed by atoms with Crippen molar-refractivity contribution in [3.63, 3.8) is 0 Å². The second-order valence-corrected chi connectivity index (χ2v) is 7.21. The van der Waals surface area contributed by atoms with Gasteiger partial charge in [-0.3, -0.25) is 4.79 Å². The van der Waals surface area contributed by atoms with Gasteiger partial charge in [0.15, 0.2) is 17.3 Å². The molecule has 0 saturated carbocycles. The smallest absolute Gasteiger partial charge is 0.248 e. The number of hydrogen-bond acceptors (Lipinski definition) is 7. The predicted molar refractivity (Wildman–Crippen MR) is 118 cm³/mol. The van der Waals surface area contributed by atoms with Gasteiger partial charge in [0.1, 0.15) is 5.52 Å². The summed E-state index contributed by atoms with van der Waals surface area (Å²) in [5, 5.41) is 3.36. The second kappa shape index (κ2) is 8.04. The Balaban J connectivity index is 1.44. The van der Waals surface area contributed by atoms with Crippen LogP contribution in [0.2, 0.25) is 0 Å². The molecule has 9 nitrogen and oxygen atoms in total. The van der Waals surface area contributed by atoms with E-state index in [2.05, 4.69) is 42.3 Å². The lowest BCUT2D eigenvalue weighted by Crippen LogP contribution is -2.36. The molecule has 2 aromatic carbocycles. The molecule has 0 aliphatic carbocycles. The Morgan fingerprint density at radius 2 is 1.77 bits per heavy atom. The lowest BCUT2D eigenvalue weighted by molar-refractivity contribution is 0.100. The third-order valence-corrected chi connectivity index (χ3v) is 5.22. The molecule has 1 aliphatic heterocycles. The molecule has 2 aromatic heterocycles. The Morgan fingerprint density at radius 3 is 2.48 bits per heavy atom. The van der Waals surface area contributed by atoms with E-state index in [1.54, 1.807) is 30.6 Å². The highest BCUT2D eigenvalue weighted by Gasteiger charge is 2.14. The average Bonchev–Trinajstić information content (AvgIpc) is 3.29. The number of nitrogens with one attached hydrogen (secondary N) is 2. The molecule has 4 N–H and O–H groups in total. The van der Waals surface area contributed by atoms with Crippen molar-refractivity contribution in [1.82, 2.24) is 19.9 Å². The third kappa shape index (κ3) is 3.90. The predicted octanol–water partition coefficient (Wildman–Crippen LogP) is 2.70. The van der Waals surface area contributed by atoms with Gasteiger partial charge in [-0.15, -0.1) is 0 Å². The fourth-order valence-electron chi connectivity index (χ4n) is 3.55. The summed E-state index contributed by atoms with van der Waals surface area (Å²) in [6.07, 6.45) is 1.59. The van der Waals surface area contributed by atoms with Gasteiger partial charge >= 0.3 is 0 Å². The van der Waals surface area contributed by atoms with Crippen LogP contribution in [0.1, 0.15) is 10.4 Å². The molecule has 9 heteroatoms. The molecule has 1 saturated heterocycles. The molecule has 1 fully saturated rings. The molecule has 1 amide bonds. The standard InChI is InChI=1S/C22H21N7O2/c23-19(30)14-1-3-15(4-2-14)20-27-21-18(24-13-25-21)22(28-20)26-16-5-7-17(8-6-16)29-9-11-31-12-10-29/h1-8,13H,9-12H2,(H2,23,30)(H2,24,25,26,27,28). The number of nitrogens with two attached hydrogens (primary N) is 1. The fraction of sp³-hybridized carbons (Fsp3) is 0.182. The van der Waals surface area contributed by atoms with E-state index in [1.807, 2.05) is 12.1 Å². The molecule has 31 heavy (non-hydrogen) atoms. The quantitative estimate of drug-likeness (QED) is 0.458. The van der Waals surface area contributed by atoms with Crippen LogP contribution < -0.4 is 16.0 Å². The third-order valence-electron chi connectivity index (χ3n) is 5.22. The van der Waals surface area contributed by atoms with Crippen molar-refractivity contribution in [1.29, 1.82) is 0 Å². The van der Waals surface area contributed by atoms with E-state index >= 15 is 0 Å². The van der Waals surface area contributed by atoms with Crippen LogP contribution in [-0.2, 0) is 4.74 Å². The number of aromatic amines is 1. The largest absolute Gasteiger partial charge is 0.378 e. The molecule has 1 aliphatic rings. The van der Waals surface area contributed by atoms with E-state index in [9.17, 15) is 4.79 Å². The molecule has 0 spiro atoms. The van der Waals surface area contributed by atoms with Gasteiger partial charge in [0.25, 0.3) is 0 Å². The van der Waals surface area contributed by atoms with E-state index in [-0.39, 0.29) is 0 Å². The molecule has 5 rings (SSSR count). The fourth-order valence-corrected chi connectivity index (χ4v) is 3.55. The number of aromatic nitrogens is 4. The van der Waals surface area contributed by atoms with Crippen LogP contribution in [0.15, 0.2) is 54.9 Å². The zero-order valence-electron chi connectivity index (χ0n) is 16.7. The number of hydrogen-bond donors (Lipinski definition) is 3. The first kappa shape index (κ1) is 19.0. The number of H-pyrrole nitrogens is 1. The lowest BCUT2D eigenvalue weighted by atomic mass is 10.1. The summed E-state index contributed by atoms with van der Waals surface area (Å²) in [6.45, 7) is 3.29. The summed E-state index contributed by atoms with van der Waals surface area (Å²) < 4.78 is 5.42. The number of amides is 1. The Kier molecular flexibility index (Phi) is 4.93. The maximum absolute atomic E-state index is 11.3. The summed E-state index contributed by atoms with van der Waals surface area (Å²) in [6, 6.07) is 15.1. The molecular formula is C22H21N7O2. The van der Waals surface area contributed by atoms with Gasteiger partial charge in [0.2, 0.25) is 5.91 Å². The first-order valence-electron chi connectivity index (χ1n) is 9.98. The van der Waals surface area contributed by atoms with Crippen molar-refractivity contribution in [3.05, 3.63) is 60.4 Å². The minimum Gasteiger partial charge on any atom is -0.378 e. The minimum absolute atomic E-state index is 0.434. The van der Waals surface area contributed by atoms with Gasteiger partial charge < -0.3 is 25.7 Å². The summed E-state index contributed by atoms with van der Waals surface area (Å²) >= 11 is 0. The first-order valence-corrected chi connectivity index (χ1v) is 9.98. The van der Waals surface area contributed by atoms with Gasteiger partial charge in [-0.2, -0.15) is 0 Å². The van der Waals surface area contributed by atoms with Gasteiger partial charge in [-0.25, -0.2) is 15.0 Å². The second-order valence-electron chi connectivity index (χ2n) is 7.21. The number of nitrogens with zero attached hydrogens (tertiary/aromatic N) is 4. The van der Waals surface area contributed by atoms with Crippen LogP contribution in [0, 0.1) is 0 Å². The van der Waals surface area contributed by atoms with Gasteiger partial charge in [-0.1, -0.05) is 12.1 Å². The number of rotatable bonds is 5. The Morgan fingerprint density at radius 1 is 1.03 bits per heavy atom. The zero-order valence-corrected chi connectivity index (χ0v) is 16.7. The lowest BCUT2D eigenvalue weighted by Gasteiger charge is -2.28. The van der Waals surface area contributed by atoms with E-state index in [1.165, 1.54) is 5.69 Å². The van der Waals surface area contributed by atoms with Crippen LogP contribution in [0.5, 0.6) is 0 Å². The number of fused-ring (bicyclic) bond motifs is 1. The summed E-state index contributed by atoms with van der Waals surface area (Å²) in [5.74, 6) is 0.650. The van der Waals surface area contributed by atoms with Gasteiger partial charge in [0.05, 0.1) is 19.5 Å². The van der Waals surface area contributed by atoms with Crippen LogP contribution in [0.25, 0.3) is 22.6 Å². The van der Waals surface area contributed by atoms with Crippen molar-refractivity contribution in [2.75, 3.05) is 36.5 Å². The van der Waals surface area contributed by atoms with Gasteiger partial charge in [0, 0.05) is 35.6 Å². The number of ether oxygens (including phenoxy) is 1. The number of imidazole rings is 1. The number of morpholine rings is 1. The van der Waals surface area contributed by atoms with Crippen LogP contribution in [0.3, 0.4) is 0 Å². The number of carbonyl (C=O) groups excluding carboxylic acids is 1.